The maximum atomic E-state index is 12.1. The number of hydrogen-bond acceptors (Lipinski definition) is 2. The summed E-state index contributed by atoms with van der Waals surface area (Å²) in [5, 5.41) is 12.0. The van der Waals surface area contributed by atoms with Gasteiger partial charge < -0.3 is 5.11 Å². The summed E-state index contributed by atoms with van der Waals surface area (Å²) in [6.07, 6.45) is 1.30. The van der Waals surface area contributed by atoms with Gasteiger partial charge in [-0.15, -0.1) is 0 Å². The molecule has 0 amide bonds. The van der Waals surface area contributed by atoms with Crippen molar-refractivity contribution < 1.29 is 9.90 Å². The number of halogens is 2. The first-order valence-corrected chi connectivity index (χ1v) is 9.68. The van der Waals surface area contributed by atoms with Gasteiger partial charge in [0.05, 0.1) is 11.4 Å². The zero-order valence-electron chi connectivity index (χ0n) is 15.5. The molecule has 1 heterocycles. The number of rotatable bonds is 5. The van der Waals surface area contributed by atoms with Crippen LogP contribution in [-0.4, -0.2) is 16.1 Å². The number of pyridine rings is 1. The number of nitrogens with zero attached hydrogens (tertiary/aromatic N) is 1. The lowest BCUT2D eigenvalue weighted by Gasteiger charge is -2.21. The summed E-state index contributed by atoms with van der Waals surface area (Å²) in [5.74, 6) is -1.48. The molecule has 1 N–H and O–H groups in total. The van der Waals surface area contributed by atoms with Crippen LogP contribution in [0.4, 0.5) is 0 Å². The molecule has 0 spiro atoms. The van der Waals surface area contributed by atoms with Gasteiger partial charge in [-0.1, -0.05) is 48.7 Å². The molecule has 0 saturated carbocycles. The van der Waals surface area contributed by atoms with Gasteiger partial charge in [0.2, 0.25) is 0 Å². The zero-order chi connectivity index (χ0) is 19.7. The largest absolute Gasteiger partial charge is 0.481 e. The number of aryl methyl sites for hydroxylation is 2. The van der Waals surface area contributed by atoms with E-state index in [-0.39, 0.29) is 0 Å². The van der Waals surface area contributed by atoms with Gasteiger partial charge in [0, 0.05) is 21.1 Å². The van der Waals surface area contributed by atoms with Crippen LogP contribution in [-0.2, 0) is 4.79 Å². The number of carboxylic acids is 1. The van der Waals surface area contributed by atoms with E-state index in [1.54, 1.807) is 6.07 Å². The number of fused-ring (bicyclic) bond motifs is 1. The molecule has 140 valence electrons. The van der Waals surface area contributed by atoms with Crippen molar-refractivity contribution in [1.82, 2.24) is 4.98 Å². The van der Waals surface area contributed by atoms with E-state index in [1.807, 2.05) is 51.1 Å². The summed E-state index contributed by atoms with van der Waals surface area (Å²) in [6, 6.07) is 11.3. The average Bonchev–Trinajstić information content (AvgIpc) is 2.61. The van der Waals surface area contributed by atoms with Gasteiger partial charge in [-0.25, -0.2) is 0 Å². The van der Waals surface area contributed by atoms with Crippen molar-refractivity contribution in [1.29, 1.82) is 0 Å². The maximum Gasteiger partial charge on any atom is 0.311 e. The molecule has 0 aliphatic carbocycles. The Hall–Kier alpha value is -2.10. The van der Waals surface area contributed by atoms with Crippen molar-refractivity contribution >= 4 is 40.1 Å². The fourth-order valence-corrected chi connectivity index (χ4v) is 3.89. The third-order valence-corrected chi connectivity index (χ3v) is 5.50. The second kappa shape index (κ2) is 7.87. The lowest BCUT2D eigenvalue weighted by molar-refractivity contribution is -0.139. The molecular weight excluding hydrogens is 381 g/mol. The fraction of sp³-hybridized carbons (Fsp3) is 0.273. The molecule has 5 heteroatoms. The Bertz CT molecular complexity index is 1030. The second-order valence-corrected chi connectivity index (χ2v) is 7.63. The number of benzene rings is 2. The normalized spacial score (nSPS) is 12.3. The minimum atomic E-state index is -0.845. The van der Waals surface area contributed by atoms with Crippen molar-refractivity contribution in [3.63, 3.8) is 0 Å². The summed E-state index contributed by atoms with van der Waals surface area (Å²) in [6.45, 7) is 5.80. The van der Waals surface area contributed by atoms with Crippen LogP contribution in [0.25, 0.3) is 22.0 Å². The first-order chi connectivity index (χ1) is 12.8. The standard InChI is InChI=1S/C22H21Cl2NO2/c1-4-5-16(22(26)27)20-13(3)25-19-9-8-15(23)11-17(19)21(20)14-7-6-12(2)18(24)10-14/h6-11,16H,4-5H2,1-3H3,(H,26,27). The predicted molar refractivity (Wildman–Crippen MR) is 112 cm³/mol. The van der Waals surface area contributed by atoms with Crippen LogP contribution in [0, 0.1) is 13.8 Å². The van der Waals surface area contributed by atoms with Gasteiger partial charge in [0.1, 0.15) is 0 Å². The minimum Gasteiger partial charge on any atom is -0.481 e. The van der Waals surface area contributed by atoms with E-state index in [2.05, 4.69) is 4.98 Å². The summed E-state index contributed by atoms with van der Waals surface area (Å²) in [7, 11) is 0. The van der Waals surface area contributed by atoms with E-state index in [1.165, 1.54) is 0 Å². The van der Waals surface area contributed by atoms with E-state index in [9.17, 15) is 9.90 Å². The predicted octanol–water partition coefficient (Wildman–Crippen LogP) is 6.79. The van der Waals surface area contributed by atoms with Gasteiger partial charge in [0.25, 0.3) is 0 Å². The molecule has 0 bridgehead atoms. The van der Waals surface area contributed by atoms with E-state index < -0.39 is 11.9 Å². The van der Waals surface area contributed by atoms with E-state index >= 15 is 0 Å². The fourth-order valence-electron chi connectivity index (χ4n) is 3.54. The van der Waals surface area contributed by atoms with Crippen LogP contribution in [0.1, 0.15) is 42.5 Å². The molecule has 0 fully saturated rings. The highest BCUT2D eigenvalue weighted by atomic mass is 35.5. The topological polar surface area (TPSA) is 50.2 Å². The number of aromatic nitrogens is 1. The monoisotopic (exact) mass is 401 g/mol. The lowest BCUT2D eigenvalue weighted by Crippen LogP contribution is -2.15. The van der Waals surface area contributed by atoms with Gasteiger partial charge in [0.15, 0.2) is 0 Å². The molecule has 1 unspecified atom stereocenters. The molecule has 0 aliphatic heterocycles. The SMILES string of the molecule is CCCC(C(=O)O)c1c(C)nc2ccc(Cl)cc2c1-c1ccc(C)c(Cl)c1. The third-order valence-electron chi connectivity index (χ3n) is 4.86. The Kier molecular flexibility index (Phi) is 5.73. The highest BCUT2D eigenvalue weighted by molar-refractivity contribution is 6.32. The Morgan fingerprint density at radius 1 is 1.15 bits per heavy atom. The molecule has 0 saturated heterocycles. The third kappa shape index (κ3) is 3.80. The molecule has 3 nitrogen and oxygen atoms in total. The summed E-state index contributed by atoms with van der Waals surface area (Å²) in [5.41, 5.74) is 4.94. The summed E-state index contributed by atoms with van der Waals surface area (Å²) in [4.78, 5) is 16.7. The Morgan fingerprint density at radius 3 is 2.52 bits per heavy atom. The van der Waals surface area contributed by atoms with Crippen molar-refractivity contribution in [2.45, 2.75) is 39.5 Å². The molecule has 1 atom stereocenters. The van der Waals surface area contributed by atoms with Crippen LogP contribution in [0.15, 0.2) is 36.4 Å². The quantitative estimate of drug-likeness (QED) is 0.511. The van der Waals surface area contributed by atoms with Crippen LogP contribution in [0.2, 0.25) is 10.0 Å². The van der Waals surface area contributed by atoms with Gasteiger partial charge in [-0.2, -0.15) is 0 Å². The van der Waals surface area contributed by atoms with Crippen LogP contribution < -0.4 is 0 Å². The van der Waals surface area contributed by atoms with E-state index in [0.717, 1.165) is 45.3 Å². The molecule has 0 aliphatic rings. The maximum absolute atomic E-state index is 12.1. The van der Waals surface area contributed by atoms with E-state index in [4.69, 9.17) is 23.2 Å². The first-order valence-electron chi connectivity index (χ1n) is 8.92. The molecule has 2 aromatic carbocycles. The molecule has 1 aromatic heterocycles. The minimum absolute atomic E-state index is 0.538. The first kappa shape index (κ1) is 19.7. The van der Waals surface area contributed by atoms with Gasteiger partial charge >= 0.3 is 5.97 Å². The molecule has 3 aromatic rings. The van der Waals surface area contributed by atoms with E-state index in [0.29, 0.717) is 16.5 Å². The highest BCUT2D eigenvalue weighted by Crippen LogP contribution is 2.40. The van der Waals surface area contributed by atoms with Gasteiger partial charge in [-0.05, 0) is 66.8 Å². The Balaban J connectivity index is 2.44. The zero-order valence-corrected chi connectivity index (χ0v) is 17.0. The smallest absolute Gasteiger partial charge is 0.311 e. The Morgan fingerprint density at radius 2 is 1.89 bits per heavy atom. The molecule has 0 radical (unpaired) electrons. The summed E-state index contributed by atoms with van der Waals surface area (Å²) >= 11 is 12.6. The summed E-state index contributed by atoms with van der Waals surface area (Å²) < 4.78 is 0. The Labute approximate surface area is 169 Å². The van der Waals surface area contributed by atoms with Crippen LogP contribution >= 0.6 is 23.2 Å². The van der Waals surface area contributed by atoms with Crippen molar-refractivity contribution in [2.24, 2.45) is 0 Å². The van der Waals surface area contributed by atoms with Crippen molar-refractivity contribution in [2.75, 3.05) is 0 Å². The second-order valence-electron chi connectivity index (χ2n) is 6.79. The molecule has 27 heavy (non-hydrogen) atoms. The van der Waals surface area contributed by atoms with Crippen molar-refractivity contribution in [3.8, 4) is 11.1 Å². The highest BCUT2D eigenvalue weighted by Gasteiger charge is 2.27. The van der Waals surface area contributed by atoms with Gasteiger partial charge in [-0.3, -0.25) is 9.78 Å². The molecule has 3 rings (SSSR count). The van der Waals surface area contributed by atoms with Crippen LogP contribution in [0.5, 0.6) is 0 Å². The number of carboxylic acid groups (broad SMARTS) is 1. The molecular formula is C22H21Cl2NO2. The van der Waals surface area contributed by atoms with Crippen molar-refractivity contribution in [3.05, 3.63) is 63.3 Å². The number of hydrogen-bond donors (Lipinski definition) is 1. The van der Waals surface area contributed by atoms with Crippen LogP contribution in [0.3, 0.4) is 0 Å². The average molecular weight is 402 g/mol. The lowest BCUT2D eigenvalue weighted by atomic mass is 9.84. The number of aliphatic carboxylic acids is 1. The number of carbonyl (C=O) groups is 1.